The Morgan fingerprint density at radius 1 is 1.32 bits per heavy atom. The zero-order chi connectivity index (χ0) is 15.4. The minimum absolute atomic E-state index is 0. The number of ether oxygens (including phenoxy) is 2. The number of rotatable bonds is 5. The molecule has 0 spiro atoms. The highest BCUT2D eigenvalue weighted by atomic mass is 35.5. The number of piperidine rings is 1. The molecule has 2 atom stereocenters. The van der Waals surface area contributed by atoms with Gasteiger partial charge in [0.25, 0.3) is 0 Å². The molecule has 0 amide bonds. The lowest BCUT2D eigenvalue weighted by molar-refractivity contribution is 0.123. The van der Waals surface area contributed by atoms with Gasteiger partial charge in [0.15, 0.2) is 11.5 Å². The smallest absolute Gasteiger partial charge is 0.179 e. The van der Waals surface area contributed by atoms with Crippen molar-refractivity contribution >= 4 is 24.0 Å². The van der Waals surface area contributed by atoms with Gasteiger partial charge >= 0.3 is 0 Å². The van der Waals surface area contributed by atoms with Crippen molar-refractivity contribution < 1.29 is 9.47 Å². The Labute approximate surface area is 144 Å². The Morgan fingerprint density at radius 2 is 2.05 bits per heavy atom. The molecule has 2 rings (SSSR count). The van der Waals surface area contributed by atoms with Crippen molar-refractivity contribution in [2.75, 3.05) is 20.8 Å². The van der Waals surface area contributed by atoms with Crippen LogP contribution in [0.15, 0.2) is 12.1 Å². The predicted octanol–water partition coefficient (Wildman–Crippen LogP) is 3.48. The summed E-state index contributed by atoms with van der Waals surface area (Å²) in [6.45, 7) is 3.95. The maximum Gasteiger partial charge on any atom is 0.179 e. The first-order valence-corrected chi connectivity index (χ1v) is 7.85. The van der Waals surface area contributed by atoms with Crippen molar-refractivity contribution in [2.45, 2.75) is 44.8 Å². The highest BCUT2D eigenvalue weighted by Gasteiger charge is 2.26. The number of nitrogens with zero attached hydrogens (tertiary/aromatic N) is 1. The summed E-state index contributed by atoms with van der Waals surface area (Å²) in [5.74, 6) is 1.26. The first-order chi connectivity index (χ1) is 10.1. The van der Waals surface area contributed by atoms with Crippen LogP contribution in [0.5, 0.6) is 11.5 Å². The van der Waals surface area contributed by atoms with E-state index in [4.69, 9.17) is 26.8 Å². The van der Waals surface area contributed by atoms with Gasteiger partial charge in [-0.3, -0.25) is 4.90 Å². The third-order valence-electron chi connectivity index (χ3n) is 4.21. The molecule has 1 aliphatic heterocycles. The summed E-state index contributed by atoms with van der Waals surface area (Å²) >= 11 is 6.48. The Morgan fingerprint density at radius 3 is 2.64 bits per heavy atom. The van der Waals surface area contributed by atoms with Crippen LogP contribution in [-0.4, -0.2) is 37.7 Å². The van der Waals surface area contributed by atoms with E-state index in [-0.39, 0.29) is 18.4 Å². The molecule has 1 saturated heterocycles. The van der Waals surface area contributed by atoms with Crippen LogP contribution >= 0.6 is 24.0 Å². The molecule has 6 heteroatoms. The van der Waals surface area contributed by atoms with E-state index in [9.17, 15) is 0 Å². The minimum Gasteiger partial charge on any atom is -0.493 e. The van der Waals surface area contributed by atoms with Crippen LogP contribution in [0.25, 0.3) is 0 Å². The van der Waals surface area contributed by atoms with Gasteiger partial charge in [0.1, 0.15) is 0 Å². The van der Waals surface area contributed by atoms with Gasteiger partial charge in [-0.2, -0.15) is 0 Å². The molecule has 2 N–H and O–H groups in total. The van der Waals surface area contributed by atoms with Crippen LogP contribution in [0.2, 0.25) is 5.02 Å². The quantitative estimate of drug-likeness (QED) is 0.884. The van der Waals surface area contributed by atoms with Crippen LogP contribution < -0.4 is 15.2 Å². The van der Waals surface area contributed by atoms with Gasteiger partial charge in [0, 0.05) is 18.6 Å². The fourth-order valence-electron chi connectivity index (χ4n) is 3.08. The average molecular weight is 349 g/mol. The SMILES string of the molecule is COc1ccc(CN2CCCCC2C(C)N)c(Cl)c1OC.Cl. The predicted molar refractivity (Wildman–Crippen MR) is 93.5 cm³/mol. The van der Waals surface area contributed by atoms with E-state index >= 15 is 0 Å². The second kappa shape index (κ2) is 8.82. The molecule has 22 heavy (non-hydrogen) atoms. The lowest BCUT2D eigenvalue weighted by Gasteiger charge is -2.38. The third-order valence-corrected chi connectivity index (χ3v) is 4.62. The molecule has 1 aromatic carbocycles. The zero-order valence-corrected chi connectivity index (χ0v) is 15.0. The second-order valence-electron chi connectivity index (χ2n) is 5.67. The Kier molecular flexibility index (Phi) is 7.77. The number of benzene rings is 1. The normalized spacial score (nSPS) is 20.1. The zero-order valence-electron chi connectivity index (χ0n) is 13.5. The van der Waals surface area contributed by atoms with Crippen molar-refractivity contribution in [1.82, 2.24) is 4.90 Å². The second-order valence-corrected chi connectivity index (χ2v) is 6.04. The fraction of sp³-hybridized carbons (Fsp3) is 0.625. The van der Waals surface area contributed by atoms with Crippen molar-refractivity contribution in [1.29, 1.82) is 0 Å². The van der Waals surface area contributed by atoms with Crippen LogP contribution in [0, 0.1) is 0 Å². The summed E-state index contributed by atoms with van der Waals surface area (Å²) < 4.78 is 10.6. The number of hydrogen-bond donors (Lipinski definition) is 1. The van der Waals surface area contributed by atoms with E-state index in [0.717, 1.165) is 25.1 Å². The maximum absolute atomic E-state index is 6.48. The lowest BCUT2D eigenvalue weighted by Crippen LogP contribution is -2.48. The summed E-state index contributed by atoms with van der Waals surface area (Å²) in [4.78, 5) is 2.43. The third kappa shape index (κ3) is 4.19. The van der Waals surface area contributed by atoms with E-state index in [2.05, 4.69) is 11.8 Å². The fourth-order valence-corrected chi connectivity index (χ4v) is 3.37. The summed E-state index contributed by atoms with van der Waals surface area (Å²) in [6, 6.07) is 4.51. The first kappa shape index (κ1) is 19.4. The molecule has 4 nitrogen and oxygen atoms in total. The Balaban J connectivity index is 0.00000242. The van der Waals surface area contributed by atoms with Gasteiger partial charge in [-0.15, -0.1) is 12.4 Å². The molecular formula is C16H26Cl2N2O2. The average Bonchev–Trinajstić information content (AvgIpc) is 2.49. The molecule has 1 heterocycles. The summed E-state index contributed by atoms with van der Waals surface area (Å²) in [7, 11) is 3.23. The van der Waals surface area contributed by atoms with Crippen LogP contribution in [-0.2, 0) is 6.54 Å². The van der Waals surface area contributed by atoms with Crippen molar-refractivity contribution in [2.24, 2.45) is 5.73 Å². The van der Waals surface area contributed by atoms with Crippen LogP contribution in [0.1, 0.15) is 31.7 Å². The standard InChI is InChI=1S/C16H25ClN2O2.ClH/c1-11(18)13-6-4-5-9-19(13)10-12-7-8-14(20-2)16(21-3)15(12)17;/h7-8,11,13H,4-6,9-10,18H2,1-3H3;1H. The van der Waals surface area contributed by atoms with E-state index in [0.29, 0.717) is 22.6 Å². The topological polar surface area (TPSA) is 47.7 Å². The summed E-state index contributed by atoms with van der Waals surface area (Å²) in [5, 5.41) is 0.630. The van der Waals surface area contributed by atoms with Gasteiger partial charge in [-0.1, -0.05) is 24.1 Å². The van der Waals surface area contributed by atoms with Gasteiger partial charge < -0.3 is 15.2 Å². The van der Waals surface area contributed by atoms with Gasteiger partial charge in [0.05, 0.1) is 19.2 Å². The molecule has 1 aromatic rings. The largest absolute Gasteiger partial charge is 0.493 e. The molecule has 1 aliphatic rings. The lowest BCUT2D eigenvalue weighted by atomic mass is 9.96. The van der Waals surface area contributed by atoms with E-state index in [1.165, 1.54) is 12.8 Å². The molecule has 0 aromatic heterocycles. The molecule has 0 bridgehead atoms. The Hall–Kier alpha value is -0.680. The molecule has 0 aliphatic carbocycles. The van der Waals surface area contributed by atoms with E-state index in [1.807, 2.05) is 12.1 Å². The van der Waals surface area contributed by atoms with Crippen molar-refractivity contribution in [3.05, 3.63) is 22.7 Å². The molecule has 126 valence electrons. The van der Waals surface area contributed by atoms with E-state index in [1.54, 1.807) is 14.2 Å². The maximum atomic E-state index is 6.48. The molecule has 0 saturated carbocycles. The summed E-state index contributed by atoms with van der Waals surface area (Å²) in [5.41, 5.74) is 7.19. The monoisotopic (exact) mass is 348 g/mol. The molecule has 1 fully saturated rings. The highest BCUT2D eigenvalue weighted by Crippen LogP contribution is 2.38. The van der Waals surface area contributed by atoms with Crippen LogP contribution in [0.3, 0.4) is 0 Å². The molecular weight excluding hydrogens is 323 g/mol. The number of halogens is 2. The minimum atomic E-state index is 0. The number of nitrogens with two attached hydrogens (primary N) is 1. The van der Waals surface area contributed by atoms with E-state index < -0.39 is 0 Å². The number of likely N-dealkylation sites (tertiary alicyclic amines) is 1. The number of methoxy groups -OCH3 is 2. The number of hydrogen-bond acceptors (Lipinski definition) is 4. The van der Waals surface area contributed by atoms with Gasteiger partial charge in [-0.05, 0) is 37.9 Å². The first-order valence-electron chi connectivity index (χ1n) is 7.47. The molecule has 2 unspecified atom stereocenters. The highest BCUT2D eigenvalue weighted by molar-refractivity contribution is 6.33. The molecule has 0 radical (unpaired) electrons. The van der Waals surface area contributed by atoms with Crippen LogP contribution in [0.4, 0.5) is 0 Å². The van der Waals surface area contributed by atoms with Crippen molar-refractivity contribution in [3.8, 4) is 11.5 Å². The Bertz CT molecular complexity index is 483. The van der Waals surface area contributed by atoms with Gasteiger partial charge in [-0.25, -0.2) is 0 Å². The summed E-state index contributed by atoms with van der Waals surface area (Å²) in [6.07, 6.45) is 3.62. The van der Waals surface area contributed by atoms with Gasteiger partial charge in [0.2, 0.25) is 0 Å². The van der Waals surface area contributed by atoms with Crippen molar-refractivity contribution in [3.63, 3.8) is 0 Å².